The number of fused-ring (bicyclic) bond motifs is 1. The molecule has 0 atom stereocenters. The Balaban J connectivity index is 1.88. The molecule has 3 aromatic rings. The fourth-order valence-corrected chi connectivity index (χ4v) is 2.45. The second kappa shape index (κ2) is 5.99. The molecule has 0 amide bonds. The number of pyridine rings is 1. The first kappa shape index (κ1) is 14.9. The van der Waals surface area contributed by atoms with E-state index in [1.807, 2.05) is 19.1 Å². The number of rotatable bonds is 3. The highest BCUT2D eigenvalue weighted by Crippen LogP contribution is 2.26. The van der Waals surface area contributed by atoms with E-state index < -0.39 is 0 Å². The van der Waals surface area contributed by atoms with Gasteiger partial charge in [-0.2, -0.15) is 0 Å². The van der Waals surface area contributed by atoms with Crippen molar-refractivity contribution in [2.24, 2.45) is 0 Å². The van der Waals surface area contributed by atoms with E-state index >= 15 is 0 Å². The van der Waals surface area contributed by atoms with Crippen LogP contribution >= 0.6 is 23.2 Å². The summed E-state index contributed by atoms with van der Waals surface area (Å²) in [5, 5.41) is 0.882. The fraction of sp³-hybridized carbons (Fsp3) is 0.125. The van der Waals surface area contributed by atoms with Gasteiger partial charge in [0.1, 0.15) is 18.0 Å². The number of hydrogen-bond donors (Lipinski definition) is 0. The zero-order chi connectivity index (χ0) is 15.7. The van der Waals surface area contributed by atoms with Gasteiger partial charge in [0.15, 0.2) is 0 Å². The molecule has 2 heterocycles. The molecule has 0 fully saturated rings. The average Bonchev–Trinajstić information content (AvgIpc) is 2.48. The standard InChI is InChI=1S/C16H12Cl2N2O2/c1-10-3-2-4-15-19-11(7-16(21)20(10)15)9-22-12-5-6-13(17)14(18)8-12/h2-8H,9H2,1H3. The minimum absolute atomic E-state index is 0.129. The highest BCUT2D eigenvalue weighted by Gasteiger charge is 2.06. The number of nitrogens with zero attached hydrogens (tertiary/aromatic N) is 2. The summed E-state index contributed by atoms with van der Waals surface area (Å²) in [6.45, 7) is 2.04. The molecule has 0 aliphatic carbocycles. The Labute approximate surface area is 136 Å². The van der Waals surface area contributed by atoms with Crippen LogP contribution in [0.1, 0.15) is 11.4 Å². The molecule has 1 aromatic carbocycles. The van der Waals surface area contributed by atoms with Gasteiger partial charge in [0.2, 0.25) is 0 Å². The van der Waals surface area contributed by atoms with E-state index in [1.165, 1.54) is 6.07 Å². The largest absolute Gasteiger partial charge is 0.487 e. The smallest absolute Gasteiger partial charge is 0.258 e. The lowest BCUT2D eigenvalue weighted by Gasteiger charge is -2.09. The summed E-state index contributed by atoms with van der Waals surface area (Å²) in [4.78, 5) is 16.6. The van der Waals surface area contributed by atoms with Crippen LogP contribution in [0.5, 0.6) is 5.75 Å². The van der Waals surface area contributed by atoms with Crippen molar-refractivity contribution in [3.63, 3.8) is 0 Å². The minimum atomic E-state index is -0.129. The highest BCUT2D eigenvalue weighted by atomic mass is 35.5. The van der Waals surface area contributed by atoms with Crippen molar-refractivity contribution >= 4 is 28.8 Å². The first-order valence-electron chi connectivity index (χ1n) is 6.61. The zero-order valence-corrected chi connectivity index (χ0v) is 13.2. The third kappa shape index (κ3) is 2.93. The summed E-state index contributed by atoms with van der Waals surface area (Å²) < 4.78 is 7.17. The van der Waals surface area contributed by atoms with Crippen LogP contribution in [0, 0.1) is 6.92 Å². The quantitative estimate of drug-likeness (QED) is 0.729. The maximum Gasteiger partial charge on any atom is 0.258 e. The van der Waals surface area contributed by atoms with Crippen LogP contribution < -0.4 is 10.3 Å². The van der Waals surface area contributed by atoms with Crippen LogP contribution in [0.4, 0.5) is 0 Å². The molecular formula is C16H12Cl2N2O2. The van der Waals surface area contributed by atoms with Gasteiger partial charge in [0.05, 0.1) is 15.7 Å². The number of halogens is 2. The van der Waals surface area contributed by atoms with Crippen LogP contribution in [0.3, 0.4) is 0 Å². The topological polar surface area (TPSA) is 43.6 Å². The van der Waals surface area contributed by atoms with Crippen molar-refractivity contribution in [2.45, 2.75) is 13.5 Å². The molecule has 2 aromatic heterocycles. The van der Waals surface area contributed by atoms with Crippen molar-refractivity contribution in [3.05, 3.63) is 74.3 Å². The predicted octanol–water partition coefficient (Wildman–Crippen LogP) is 3.89. The summed E-state index contributed by atoms with van der Waals surface area (Å²) in [6, 6.07) is 12.0. The number of aryl methyl sites for hydroxylation is 1. The Kier molecular flexibility index (Phi) is 4.05. The van der Waals surface area contributed by atoms with Crippen molar-refractivity contribution in [1.29, 1.82) is 0 Å². The predicted molar refractivity (Wildman–Crippen MR) is 87.0 cm³/mol. The van der Waals surface area contributed by atoms with Crippen LogP contribution in [0.15, 0.2) is 47.3 Å². The molecule has 0 N–H and O–H groups in total. The lowest BCUT2D eigenvalue weighted by Crippen LogP contribution is -2.18. The van der Waals surface area contributed by atoms with Gasteiger partial charge in [0.25, 0.3) is 5.56 Å². The van der Waals surface area contributed by atoms with Gasteiger partial charge < -0.3 is 4.74 Å². The molecule has 4 nitrogen and oxygen atoms in total. The lowest BCUT2D eigenvalue weighted by molar-refractivity contribution is 0.301. The molecular weight excluding hydrogens is 323 g/mol. The Bertz CT molecular complexity index is 906. The zero-order valence-electron chi connectivity index (χ0n) is 11.7. The molecule has 112 valence electrons. The molecule has 6 heteroatoms. The number of ether oxygens (including phenoxy) is 1. The molecule has 0 aliphatic rings. The molecule has 0 radical (unpaired) electrons. The molecule has 0 unspecified atom stereocenters. The summed E-state index contributed by atoms with van der Waals surface area (Å²) in [5.74, 6) is 0.570. The van der Waals surface area contributed by atoms with Gasteiger partial charge in [-0.1, -0.05) is 29.3 Å². The van der Waals surface area contributed by atoms with Gasteiger partial charge in [-0.05, 0) is 31.2 Å². The second-order valence-corrected chi connectivity index (χ2v) is 5.63. The maximum atomic E-state index is 12.2. The van der Waals surface area contributed by atoms with E-state index in [4.69, 9.17) is 27.9 Å². The summed E-state index contributed by atoms with van der Waals surface area (Å²) >= 11 is 11.8. The normalized spacial score (nSPS) is 10.9. The molecule has 0 aliphatic heterocycles. The van der Waals surface area contributed by atoms with Gasteiger partial charge in [0, 0.05) is 17.8 Å². The molecule has 0 saturated heterocycles. The summed E-state index contributed by atoms with van der Waals surface area (Å²) in [5.41, 5.74) is 1.87. The van der Waals surface area contributed by atoms with E-state index in [1.54, 1.807) is 28.7 Å². The third-order valence-electron chi connectivity index (χ3n) is 3.21. The van der Waals surface area contributed by atoms with Crippen LogP contribution in [-0.2, 0) is 6.61 Å². The molecule has 3 rings (SSSR count). The Morgan fingerprint density at radius 2 is 1.95 bits per heavy atom. The van der Waals surface area contributed by atoms with E-state index in [-0.39, 0.29) is 12.2 Å². The first-order valence-corrected chi connectivity index (χ1v) is 7.36. The average molecular weight is 335 g/mol. The molecule has 0 spiro atoms. The Hall–Kier alpha value is -2.04. The highest BCUT2D eigenvalue weighted by molar-refractivity contribution is 6.42. The van der Waals surface area contributed by atoms with Gasteiger partial charge in [-0.3, -0.25) is 9.20 Å². The van der Waals surface area contributed by atoms with Crippen molar-refractivity contribution in [3.8, 4) is 5.75 Å². The summed E-state index contributed by atoms with van der Waals surface area (Å²) in [7, 11) is 0. The van der Waals surface area contributed by atoms with Gasteiger partial charge >= 0.3 is 0 Å². The minimum Gasteiger partial charge on any atom is -0.487 e. The van der Waals surface area contributed by atoms with Crippen LogP contribution in [0.2, 0.25) is 10.0 Å². The SMILES string of the molecule is Cc1cccc2nc(COc3ccc(Cl)c(Cl)c3)cc(=O)n12. The Morgan fingerprint density at radius 3 is 2.73 bits per heavy atom. The monoisotopic (exact) mass is 334 g/mol. The fourth-order valence-electron chi connectivity index (χ4n) is 2.16. The number of hydrogen-bond acceptors (Lipinski definition) is 3. The number of benzene rings is 1. The molecule has 22 heavy (non-hydrogen) atoms. The van der Waals surface area contributed by atoms with E-state index in [2.05, 4.69) is 4.98 Å². The number of aromatic nitrogens is 2. The first-order chi connectivity index (χ1) is 10.5. The maximum absolute atomic E-state index is 12.2. The Morgan fingerprint density at radius 1 is 1.14 bits per heavy atom. The van der Waals surface area contributed by atoms with Crippen molar-refractivity contribution in [1.82, 2.24) is 9.38 Å². The van der Waals surface area contributed by atoms with E-state index in [0.29, 0.717) is 27.1 Å². The third-order valence-corrected chi connectivity index (χ3v) is 3.95. The van der Waals surface area contributed by atoms with Crippen LogP contribution in [0.25, 0.3) is 5.65 Å². The molecule has 0 bridgehead atoms. The van der Waals surface area contributed by atoms with E-state index in [9.17, 15) is 4.79 Å². The summed E-state index contributed by atoms with van der Waals surface area (Å²) in [6.07, 6.45) is 0. The molecule has 0 saturated carbocycles. The van der Waals surface area contributed by atoms with Gasteiger partial charge in [-0.15, -0.1) is 0 Å². The van der Waals surface area contributed by atoms with Gasteiger partial charge in [-0.25, -0.2) is 4.98 Å². The second-order valence-electron chi connectivity index (χ2n) is 4.81. The lowest BCUT2D eigenvalue weighted by atomic mass is 10.3. The van der Waals surface area contributed by atoms with Crippen LogP contribution in [-0.4, -0.2) is 9.38 Å². The van der Waals surface area contributed by atoms with E-state index in [0.717, 1.165) is 5.69 Å². The van der Waals surface area contributed by atoms with Crippen molar-refractivity contribution < 1.29 is 4.74 Å². The van der Waals surface area contributed by atoms with Crippen molar-refractivity contribution in [2.75, 3.05) is 0 Å².